The number of nitrogens with one attached hydrogen (secondary N) is 2. The van der Waals surface area contributed by atoms with Crippen LogP contribution >= 0.6 is 0 Å². The van der Waals surface area contributed by atoms with Crippen LogP contribution in [0.5, 0.6) is 0 Å². The molecule has 0 unspecified atom stereocenters. The monoisotopic (exact) mass is 586 g/mol. The molecule has 1 aliphatic rings. The number of carbonyl (C=O) groups is 2. The normalized spacial score (nSPS) is 14.0. The summed E-state index contributed by atoms with van der Waals surface area (Å²) in [5.41, 5.74) is 11.8. The third-order valence-electron chi connectivity index (χ3n) is 8.89. The SMILES string of the molecule is CCn1c2ccccc2c2cc(NC(=O)c3oc4c(c3C)/C(=N/NC(=O)Cc3coc5c(C)c(C)ccc35)CCC4)ccc21. The van der Waals surface area contributed by atoms with Crippen molar-refractivity contribution in [1.29, 1.82) is 0 Å². The summed E-state index contributed by atoms with van der Waals surface area (Å²) in [6.45, 7) is 8.92. The average molecular weight is 587 g/mol. The van der Waals surface area contributed by atoms with E-state index in [0.29, 0.717) is 18.5 Å². The molecule has 0 saturated carbocycles. The number of hydrogen-bond acceptors (Lipinski definition) is 5. The highest BCUT2D eigenvalue weighted by atomic mass is 16.4. The quantitative estimate of drug-likeness (QED) is 0.195. The van der Waals surface area contributed by atoms with E-state index in [1.807, 2.05) is 57.2 Å². The van der Waals surface area contributed by atoms with E-state index in [-0.39, 0.29) is 24.0 Å². The topological polar surface area (TPSA) is 102 Å². The molecule has 2 N–H and O–H groups in total. The van der Waals surface area contributed by atoms with Gasteiger partial charge in [-0.1, -0.05) is 30.3 Å². The molecule has 7 rings (SSSR count). The number of benzene rings is 3. The van der Waals surface area contributed by atoms with E-state index in [1.54, 1.807) is 6.26 Å². The number of nitrogens with zero attached hydrogens (tertiary/aromatic N) is 2. The van der Waals surface area contributed by atoms with Gasteiger partial charge in [0.25, 0.3) is 5.91 Å². The fraction of sp³-hybridized carbons (Fsp3) is 0.250. The van der Waals surface area contributed by atoms with Crippen LogP contribution in [-0.4, -0.2) is 22.1 Å². The number of aromatic nitrogens is 1. The van der Waals surface area contributed by atoms with E-state index in [9.17, 15) is 9.59 Å². The lowest BCUT2D eigenvalue weighted by molar-refractivity contribution is -0.120. The average Bonchev–Trinajstić information content (AvgIpc) is 3.69. The molecular formula is C36H34N4O4. The van der Waals surface area contributed by atoms with Crippen LogP contribution in [0.25, 0.3) is 32.8 Å². The Morgan fingerprint density at radius 2 is 1.75 bits per heavy atom. The zero-order valence-electron chi connectivity index (χ0n) is 25.3. The zero-order valence-corrected chi connectivity index (χ0v) is 25.3. The minimum atomic E-state index is -0.309. The molecule has 0 aliphatic heterocycles. The maximum absolute atomic E-state index is 13.5. The van der Waals surface area contributed by atoms with Gasteiger partial charge in [-0.3, -0.25) is 9.59 Å². The predicted molar refractivity (Wildman–Crippen MR) is 174 cm³/mol. The summed E-state index contributed by atoms with van der Waals surface area (Å²) in [7, 11) is 0. The van der Waals surface area contributed by atoms with Crippen LogP contribution in [0.15, 0.2) is 74.8 Å². The van der Waals surface area contributed by atoms with Crippen molar-refractivity contribution in [1.82, 2.24) is 9.99 Å². The first-order valence-electron chi connectivity index (χ1n) is 15.1. The number of amides is 2. The zero-order chi connectivity index (χ0) is 30.5. The van der Waals surface area contributed by atoms with Gasteiger partial charge in [-0.05, 0) is 75.9 Å². The molecule has 0 atom stereocenters. The van der Waals surface area contributed by atoms with Crippen LogP contribution in [-0.2, 0) is 24.2 Å². The molecule has 44 heavy (non-hydrogen) atoms. The molecule has 8 heteroatoms. The number of carbonyl (C=O) groups excluding carboxylic acids is 2. The second-order valence-electron chi connectivity index (χ2n) is 11.6. The minimum absolute atomic E-state index is 0.151. The molecule has 222 valence electrons. The summed E-state index contributed by atoms with van der Waals surface area (Å²) in [4.78, 5) is 26.4. The summed E-state index contributed by atoms with van der Waals surface area (Å²) in [5.74, 6) is 0.448. The molecule has 6 aromatic rings. The van der Waals surface area contributed by atoms with E-state index in [0.717, 1.165) is 79.5 Å². The summed E-state index contributed by atoms with van der Waals surface area (Å²) in [6.07, 6.45) is 4.00. The molecule has 0 radical (unpaired) electrons. The molecule has 3 heterocycles. The molecule has 1 aliphatic carbocycles. The van der Waals surface area contributed by atoms with Crippen LogP contribution in [0.2, 0.25) is 0 Å². The number of anilines is 1. The number of para-hydroxylation sites is 1. The molecule has 3 aromatic carbocycles. The first-order chi connectivity index (χ1) is 21.3. The van der Waals surface area contributed by atoms with Gasteiger partial charge in [-0.15, -0.1) is 0 Å². The van der Waals surface area contributed by atoms with Crippen molar-refractivity contribution in [3.63, 3.8) is 0 Å². The van der Waals surface area contributed by atoms with Crippen molar-refractivity contribution in [2.24, 2.45) is 5.10 Å². The van der Waals surface area contributed by atoms with Crippen LogP contribution in [0.3, 0.4) is 0 Å². The fourth-order valence-corrected chi connectivity index (χ4v) is 6.52. The van der Waals surface area contributed by atoms with Gasteiger partial charge in [0.2, 0.25) is 5.91 Å². The summed E-state index contributed by atoms with van der Waals surface area (Å²) < 4.78 is 14.2. The van der Waals surface area contributed by atoms with E-state index in [1.165, 1.54) is 5.52 Å². The predicted octanol–water partition coefficient (Wildman–Crippen LogP) is 7.73. The highest BCUT2D eigenvalue weighted by Crippen LogP contribution is 2.33. The lowest BCUT2D eigenvalue weighted by atomic mass is 9.93. The van der Waals surface area contributed by atoms with Crippen LogP contribution in [0, 0.1) is 20.8 Å². The Kier molecular flexibility index (Phi) is 6.84. The highest BCUT2D eigenvalue weighted by molar-refractivity contribution is 6.12. The van der Waals surface area contributed by atoms with E-state index >= 15 is 0 Å². The number of fused-ring (bicyclic) bond motifs is 5. The number of hydrazone groups is 1. The van der Waals surface area contributed by atoms with Gasteiger partial charge >= 0.3 is 0 Å². The van der Waals surface area contributed by atoms with Crippen LogP contribution < -0.4 is 10.7 Å². The summed E-state index contributed by atoms with van der Waals surface area (Å²) in [6, 6.07) is 18.3. The number of hydrogen-bond donors (Lipinski definition) is 2. The van der Waals surface area contributed by atoms with Crippen molar-refractivity contribution in [2.75, 3.05) is 5.32 Å². The van der Waals surface area contributed by atoms with Gasteiger partial charge in [-0.2, -0.15) is 5.10 Å². The van der Waals surface area contributed by atoms with E-state index in [4.69, 9.17) is 8.83 Å². The Morgan fingerprint density at radius 1 is 0.932 bits per heavy atom. The third-order valence-corrected chi connectivity index (χ3v) is 8.89. The largest absolute Gasteiger partial charge is 0.464 e. The van der Waals surface area contributed by atoms with Crippen molar-refractivity contribution in [2.45, 2.75) is 59.9 Å². The first kappa shape index (κ1) is 27.7. The molecule has 3 aromatic heterocycles. The van der Waals surface area contributed by atoms with E-state index in [2.05, 4.69) is 45.5 Å². The smallest absolute Gasteiger partial charge is 0.291 e. The number of furan rings is 2. The molecule has 0 fully saturated rings. The second kappa shape index (κ2) is 10.9. The Morgan fingerprint density at radius 3 is 2.59 bits per heavy atom. The first-order valence-corrected chi connectivity index (χ1v) is 15.1. The van der Waals surface area contributed by atoms with Crippen LogP contribution in [0.1, 0.15) is 63.9 Å². The Labute approximate surface area is 254 Å². The second-order valence-corrected chi connectivity index (χ2v) is 11.6. The minimum Gasteiger partial charge on any atom is -0.464 e. The molecular weight excluding hydrogens is 552 g/mol. The van der Waals surface area contributed by atoms with Crippen molar-refractivity contribution < 1.29 is 18.4 Å². The van der Waals surface area contributed by atoms with Crippen LogP contribution in [0.4, 0.5) is 5.69 Å². The lowest BCUT2D eigenvalue weighted by Gasteiger charge is -2.13. The van der Waals surface area contributed by atoms with Crippen molar-refractivity contribution in [3.05, 3.63) is 100 Å². The van der Waals surface area contributed by atoms with Gasteiger partial charge in [0.15, 0.2) is 5.76 Å². The van der Waals surface area contributed by atoms with Gasteiger partial charge < -0.3 is 18.7 Å². The number of rotatable bonds is 6. The lowest BCUT2D eigenvalue weighted by Crippen LogP contribution is -2.23. The summed E-state index contributed by atoms with van der Waals surface area (Å²) >= 11 is 0. The Hall–Kier alpha value is -5.11. The fourth-order valence-electron chi connectivity index (χ4n) is 6.52. The molecule has 0 bridgehead atoms. The van der Waals surface area contributed by atoms with Gasteiger partial charge in [0.05, 0.1) is 18.4 Å². The Balaban J connectivity index is 1.11. The molecule has 8 nitrogen and oxygen atoms in total. The molecule has 0 saturated heterocycles. The standard InChI is InChI=1S/C36H34N4O4/c1-5-40-29-11-7-6-9-26(29)27-18-24(14-16-30(27)40)37-36(42)35-22(4)33-28(10-8-12-31(33)44-35)38-39-32(41)17-23-19-43-34-21(3)20(2)13-15-25(23)34/h6-7,9,11,13-16,18-19H,5,8,10,12,17H2,1-4H3,(H,37,42)(H,39,41)/b38-28+. The van der Waals surface area contributed by atoms with Gasteiger partial charge in [0.1, 0.15) is 11.3 Å². The van der Waals surface area contributed by atoms with Gasteiger partial charge in [-0.25, -0.2) is 5.43 Å². The highest BCUT2D eigenvalue weighted by Gasteiger charge is 2.28. The number of aryl methyl sites for hydroxylation is 4. The third kappa shape index (κ3) is 4.58. The summed E-state index contributed by atoms with van der Waals surface area (Å²) in [5, 5.41) is 10.7. The van der Waals surface area contributed by atoms with Crippen molar-refractivity contribution >= 4 is 56.0 Å². The van der Waals surface area contributed by atoms with Gasteiger partial charge in [0, 0.05) is 62.5 Å². The Bertz CT molecular complexity index is 2140. The van der Waals surface area contributed by atoms with Crippen molar-refractivity contribution in [3.8, 4) is 0 Å². The van der Waals surface area contributed by atoms with E-state index < -0.39 is 0 Å². The maximum atomic E-state index is 13.5. The maximum Gasteiger partial charge on any atom is 0.291 e. The molecule has 0 spiro atoms. The molecule has 2 amide bonds.